The molecule has 1 nitrogen and oxygen atoms in total. The molecule has 0 aliphatic heterocycles. The molecule has 1 heteroatoms. The SMILES string of the molecule is CCCC(C)C1(CNC(C)C)CC2CC2C1. The number of nitrogens with one attached hydrogen (secondary N) is 1. The van der Waals surface area contributed by atoms with Crippen molar-refractivity contribution in [1.82, 2.24) is 5.32 Å². The van der Waals surface area contributed by atoms with Crippen molar-refractivity contribution in [2.45, 2.75) is 65.8 Å². The van der Waals surface area contributed by atoms with E-state index in [0.717, 1.165) is 17.8 Å². The molecule has 3 unspecified atom stereocenters. The van der Waals surface area contributed by atoms with Gasteiger partial charge in [0.15, 0.2) is 0 Å². The van der Waals surface area contributed by atoms with Crippen molar-refractivity contribution in [1.29, 1.82) is 0 Å². The highest BCUT2D eigenvalue weighted by molar-refractivity contribution is 5.05. The predicted octanol–water partition coefficient (Wildman–Crippen LogP) is 3.84. The van der Waals surface area contributed by atoms with Gasteiger partial charge in [0.05, 0.1) is 0 Å². The third-order valence-corrected chi connectivity index (χ3v) is 5.04. The molecule has 0 amide bonds. The minimum absolute atomic E-state index is 0.641. The molecule has 2 aliphatic rings. The van der Waals surface area contributed by atoms with Crippen molar-refractivity contribution >= 4 is 0 Å². The molecule has 0 aromatic carbocycles. The first-order valence-corrected chi connectivity index (χ1v) is 7.31. The molecule has 0 heterocycles. The van der Waals surface area contributed by atoms with Gasteiger partial charge < -0.3 is 5.32 Å². The van der Waals surface area contributed by atoms with Crippen LogP contribution in [0.2, 0.25) is 0 Å². The predicted molar refractivity (Wildman–Crippen MR) is 70.5 cm³/mol. The zero-order valence-electron chi connectivity index (χ0n) is 11.6. The van der Waals surface area contributed by atoms with Crippen LogP contribution in [0, 0.1) is 23.2 Å². The zero-order valence-corrected chi connectivity index (χ0v) is 11.6. The van der Waals surface area contributed by atoms with E-state index in [9.17, 15) is 0 Å². The Labute approximate surface area is 101 Å². The molecule has 0 aromatic heterocycles. The van der Waals surface area contributed by atoms with Crippen molar-refractivity contribution in [2.24, 2.45) is 23.2 Å². The van der Waals surface area contributed by atoms with E-state index in [-0.39, 0.29) is 0 Å². The first-order chi connectivity index (χ1) is 7.57. The number of hydrogen-bond donors (Lipinski definition) is 1. The van der Waals surface area contributed by atoms with Crippen molar-refractivity contribution in [3.8, 4) is 0 Å². The van der Waals surface area contributed by atoms with Gasteiger partial charge in [-0.15, -0.1) is 0 Å². The van der Waals surface area contributed by atoms with Crippen LogP contribution in [0.1, 0.15) is 59.8 Å². The molecule has 2 aliphatic carbocycles. The van der Waals surface area contributed by atoms with Crippen LogP contribution in [0.15, 0.2) is 0 Å². The molecule has 3 atom stereocenters. The van der Waals surface area contributed by atoms with Gasteiger partial charge >= 0.3 is 0 Å². The number of rotatable bonds is 6. The monoisotopic (exact) mass is 223 g/mol. The zero-order chi connectivity index (χ0) is 11.8. The van der Waals surface area contributed by atoms with Crippen LogP contribution in [0.3, 0.4) is 0 Å². The lowest BCUT2D eigenvalue weighted by atomic mass is 9.70. The highest BCUT2D eigenvalue weighted by Crippen LogP contribution is 2.62. The van der Waals surface area contributed by atoms with Crippen LogP contribution < -0.4 is 5.32 Å². The highest BCUT2D eigenvalue weighted by atomic mass is 14.9. The molecule has 1 N–H and O–H groups in total. The molecule has 0 saturated heterocycles. The standard InChI is InChI=1S/C15H29N/c1-5-6-12(4)15(10-16-11(2)3)8-13-7-14(13)9-15/h11-14,16H,5-10H2,1-4H3. The Morgan fingerprint density at radius 3 is 2.31 bits per heavy atom. The summed E-state index contributed by atoms with van der Waals surface area (Å²) in [5.74, 6) is 3.12. The quantitative estimate of drug-likeness (QED) is 0.721. The Bertz CT molecular complexity index is 224. The van der Waals surface area contributed by atoms with Crippen LogP contribution in [0.5, 0.6) is 0 Å². The third-order valence-electron chi connectivity index (χ3n) is 5.04. The first kappa shape index (κ1) is 12.4. The molecule has 2 rings (SSSR count). The first-order valence-electron chi connectivity index (χ1n) is 7.31. The summed E-state index contributed by atoms with van der Waals surface area (Å²) < 4.78 is 0. The summed E-state index contributed by atoms with van der Waals surface area (Å²) in [5, 5.41) is 3.71. The minimum atomic E-state index is 0.641. The molecule has 16 heavy (non-hydrogen) atoms. The molecule has 0 aromatic rings. The van der Waals surface area contributed by atoms with Gasteiger partial charge in [0.2, 0.25) is 0 Å². The second kappa shape index (κ2) is 4.68. The van der Waals surface area contributed by atoms with Gasteiger partial charge in [0.25, 0.3) is 0 Å². The Morgan fingerprint density at radius 2 is 1.81 bits per heavy atom. The lowest BCUT2D eigenvalue weighted by Crippen LogP contribution is -2.41. The summed E-state index contributed by atoms with van der Waals surface area (Å²) in [4.78, 5) is 0. The van der Waals surface area contributed by atoms with E-state index in [1.807, 2.05) is 0 Å². The number of fused-ring (bicyclic) bond motifs is 1. The Balaban J connectivity index is 1.95. The van der Waals surface area contributed by atoms with E-state index in [1.54, 1.807) is 6.42 Å². The molecule has 2 fully saturated rings. The lowest BCUT2D eigenvalue weighted by Gasteiger charge is -2.38. The molecular weight excluding hydrogens is 194 g/mol. The fourth-order valence-corrected chi connectivity index (χ4v) is 3.81. The molecule has 2 saturated carbocycles. The van der Waals surface area contributed by atoms with Crippen molar-refractivity contribution in [3.05, 3.63) is 0 Å². The van der Waals surface area contributed by atoms with E-state index in [2.05, 4.69) is 33.0 Å². The summed E-state index contributed by atoms with van der Waals surface area (Å²) in [6.45, 7) is 10.6. The van der Waals surface area contributed by atoms with E-state index < -0.39 is 0 Å². The molecule has 94 valence electrons. The minimum Gasteiger partial charge on any atom is -0.314 e. The van der Waals surface area contributed by atoms with Gasteiger partial charge in [-0.3, -0.25) is 0 Å². The fraction of sp³-hybridized carbons (Fsp3) is 1.00. The van der Waals surface area contributed by atoms with Gasteiger partial charge in [0, 0.05) is 12.6 Å². The van der Waals surface area contributed by atoms with Gasteiger partial charge in [-0.25, -0.2) is 0 Å². The lowest BCUT2D eigenvalue weighted by molar-refractivity contribution is 0.141. The third kappa shape index (κ3) is 2.45. The Morgan fingerprint density at radius 1 is 1.19 bits per heavy atom. The van der Waals surface area contributed by atoms with Crippen LogP contribution in [-0.4, -0.2) is 12.6 Å². The van der Waals surface area contributed by atoms with Crippen LogP contribution in [0.4, 0.5) is 0 Å². The Kier molecular flexibility index (Phi) is 3.63. The van der Waals surface area contributed by atoms with Crippen molar-refractivity contribution in [3.63, 3.8) is 0 Å². The van der Waals surface area contributed by atoms with Gasteiger partial charge in [-0.1, -0.05) is 40.5 Å². The summed E-state index contributed by atoms with van der Waals surface area (Å²) >= 11 is 0. The smallest absolute Gasteiger partial charge is 0.00129 e. The highest BCUT2D eigenvalue weighted by Gasteiger charge is 2.55. The van der Waals surface area contributed by atoms with E-state index >= 15 is 0 Å². The van der Waals surface area contributed by atoms with Gasteiger partial charge in [0.1, 0.15) is 0 Å². The summed E-state index contributed by atoms with van der Waals surface area (Å²) in [6, 6.07) is 0.641. The van der Waals surface area contributed by atoms with Crippen molar-refractivity contribution in [2.75, 3.05) is 6.54 Å². The Hall–Kier alpha value is -0.0400. The fourth-order valence-electron chi connectivity index (χ4n) is 3.81. The maximum Gasteiger partial charge on any atom is 0.00129 e. The van der Waals surface area contributed by atoms with Crippen LogP contribution >= 0.6 is 0 Å². The maximum atomic E-state index is 3.71. The second-order valence-corrected chi connectivity index (χ2v) is 6.75. The molecular formula is C15H29N. The number of hydrogen-bond acceptors (Lipinski definition) is 1. The normalized spacial score (nSPS) is 38.8. The van der Waals surface area contributed by atoms with Gasteiger partial charge in [-0.05, 0) is 42.4 Å². The average molecular weight is 223 g/mol. The summed E-state index contributed by atoms with van der Waals surface area (Å²) in [5.41, 5.74) is 0.647. The van der Waals surface area contributed by atoms with E-state index in [4.69, 9.17) is 0 Å². The second-order valence-electron chi connectivity index (χ2n) is 6.75. The summed E-state index contributed by atoms with van der Waals surface area (Å²) in [6.07, 6.45) is 7.33. The molecule has 0 spiro atoms. The molecule has 0 radical (unpaired) electrons. The van der Waals surface area contributed by atoms with E-state index in [0.29, 0.717) is 11.5 Å². The van der Waals surface area contributed by atoms with E-state index in [1.165, 1.54) is 32.2 Å². The maximum absolute atomic E-state index is 3.71. The topological polar surface area (TPSA) is 12.0 Å². The van der Waals surface area contributed by atoms with Crippen LogP contribution in [-0.2, 0) is 0 Å². The summed E-state index contributed by atoms with van der Waals surface area (Å²) in [7, 11) is 0. The van der Waals surface area contributed by atoms with Gasteiger partial charge in [-0.2, -0.15) is 0 Å². The average Bonchev–Trinajstić information content (AvgIpc) is 2.84. The van der Waals surface area contributed by atoms with Crippen molar-refractivity contribution < 1.29 is 0 Å². The molecule has 0 bridgehead atoms. The largest absolute Gasteiger partial charge is 0.314 e. The van der Waals surface area contributed by atoms with Crippen LogP contribution in [0.25, 0.3) is 0 Å².